The molecule has 1 fully saturated rings. The number of hydrogen-bond donors (Lipinski definition) is 3. The lowest BCUT2D eigenvalue weighted by Gasteiger charge is -2.43. The normalized spacial score (nSPS) is 22.7. The Balaban J connectivity index is 1.52. The SMILES string of the molecule is N#CCC1(n2cc(C(N)=O)c(NC=O)n2)CCN(Cc2ccc(C3=CCCC3)c(O)c2)CC1F. The van der Waals surface area contributed by atoms with Gasteiger partial charge in [-0.25, -0.2) is 4.39 Å². The Morgan fingerprint density at radius 1 is 1.47 bits per heavy atom. The van der Waals surface area contributed by atoms with Crippen LogP contribution in [0, 0.1) is 11.3 Å². The van der Waals surface area contributed by atoms with E-state index >= 15 is 4.39 Å². The average molecular weight is 467 g/mol. The van der Waals surface area contributed by atoms with Crippen molar-refractivity contribution in [3.05, 3.63) is 47.2 Å². The molecule has 1 saturated heterocycles. The number of hydrogen-bond acceptors (Lipinski definition) is 6. The number of phenolic OH excluding ortho intramolecular Hbond substituents is 1. The summed E-state index contributed by atoms with van der Waals surface area (Å²) in [6.45, 7) is 0.953. The maximum atomic E-state index is 15.7. The van der Waals surface area contributed by atoms with Crippen LogP contribution in [0.5, 0.6) is 5.75 Å². The fourth-order valence-electron chi connectivity index (χ4n) is 4.88. The van der Waals surface area contributed by atoms with Crippen molar-refractivity contribution < 1.29 is 19.1 Å². The van der Waals surface area contributed by atoms with Gasteiger partial charge >= 0.3 is 0 Å². The molecule has 9 nitrogen and oxygen atoms in total. The summed E-state index contributed by atoms with van der Waals surface area (Å²) in [4.78, 5) is 24.5. The Labute approximate surface area is 196 Å². The molecule has 10 heteroatoms. The molecule has 2 heterocycles. The third kappa shape index (κ3) is 4.39. The van der Waals surface area contributed by atoms with E-state index in [9.17, 15) is 20.0 Å². The number of anilines is 1. The van der Waals surface area contributed by atoms with E-state index in [4.69, 9.17) is 5.73 Å². The Morgan fingerprint density at radius 3 is 2.91 bits per heavy atom. The van der Waals surface area contributed by atoms with E-state index in [-0.39, 0.29) is 36.5 Å². The number of likely N-dealkylation sites (tertiary alicyclic amines) is 1. The van der Waals surface area contributed by atoms with Crippen molar-refractivity contribution in [1.29, 1.82) is 5.26 Å². The molecule has 2 unspecified atom stereocenters. The van der Waals surface area contributed by atoms with Crippen molar-refractivity contribution in [2.24, 2.45) is 5.73 Å². The van der Waals surface area contributed by atoms with Crippen molar-refractivity contribution in [3.63, 3.8) is 0 Å². The maximum absolute atomic E-state index is 15.7. The second-order valence-corrected chi connectivity index (χ2v) is 8.83. The zero-order chi connectivity index (χ0) is 24.3. The number of rotatable bonds is 8. The predicted molar refractivity (Wildman–Crippen MR) is 123 cm³/mol. The van der Waals surface area contributed by atoms with Gasteiger partial charge in [0.15, 0.2) is 5.82 Å². The van der Waals surface area contributed by atoms with Crippen LogP contribution in [0.2, 0.25) is 0 Å². The lowest BCUT2D eigenvalue weighted by Crippen LogP contribution is -2.54. The number of primary amides is 1. The maximum Gasteiger partial charge on any atom is 0.254 e. The summed E-state index contributed by atoms with van der Waals surface area (Å²) in [6.07, 6.45) is 5.51. The Bertz CT molecular complexity index is 1170. The molecule has 0 spiro atoms. The molecule has 34 heavy (non-hydrogen) atoms. The van der Waals surface area contributed by atoms with Crippen LogP contribution in [0.15, 0.2) is 30.5 Å². The van der Waals surface area contributed by atoms with Gasteiger partial charge in [0.25, 0.3) is 5.91 Å². The molecule has 2 aliphatic rings. The van der Waals surface area contributed by atoms with Crippen LogP contribution in [-0.4, -0.2) is 51.4 Å². The quantitative estimate of drug-likeness (QED) is 0.512. The number of amides is 2. The van der Waals surface area contributed by atoms with E-state index in [0.29, 0.717) is 19.5 Å². The summed E-state index contributed by atoms with van der Waals surface area (Å²) in [5.74, 6) is -0.654. The third-order valence-electron chi connectivity index (χ3n) is 6.73. The van der Waals surface area contributed by atoms with Gasteiger partial charge in [-0.15, -0.1) is 0 Å². The topological polar surface area (TPSA) is 137 Å². The molecule has 178 valence electrons. The highest BCUT2D eigenvalue weighted by Crippen LogP contribution is 2.38. The van der Waals surface area contributed by atoms with Gasteiger partial charge in [0.1, 0.15) is 23.0 Å². The fourth-order valence-corrected chi connectivity index (χ4v) is 4.88. The number of nitriles is 1. The Kier molecular flexibility index (Phi) is 6.65. The number of aromatic hydroxyl groups is 1. The van der Waals surface area contributed by atoms with Gasteiger partial charge in [0.05, 0.1) is 12.5 Å². The zero-order valence-corrected chi connectivity index (χ0v) is 18.7. The van der Waals surface area contributed by atoms with Crippen LogP contribution >= 0.6 is 0 Å². The third-order valence-corrected chi connectivity index (χ3v) is 6.73. The number of nitrogens with one attached hydrogen (secondary N) is 1. The van der Waals surface area contributed by atoms with Gasteiger partial charge < -0.3 is 16.2 Å². The number of nitrogens with zero attached hydrogens (tertiary/aromatic N) is 4. The molecule has 2 atom stereocenters. The van der Waals surface area contributed by atoms with Crippen LogP contribution in [-0.2, 0) is 16.9 Å². The number of aromatic nitrogens is 2. The summed E-state index contributed by atoms with van der Waals surface area (Å²) in [5, 5.41) is 26.4. The lowest BCUT2D eigenvalue weighted by atomic mass is 9.83. The Morgan fingerprint density at radius 2 is 2.29 bits per heavy atom. The van der Waals surface area contributed by atoms with Crippen LogP contribution < -0.4 is 11.1 Å². The number of nitrogens with two attached hydrogens (primary N) is 1. The minimum absolute atomic E-state index is 0.0392. The molecule has 1 aliphatic carbocycles. The summed E-state index contributed by atoms with van der Waals surface area (Å²) in [7, 11) is 0. The minimum atomic E-state index is -1.47. The Hall–Kier alpha value is -3.71. The first-order valence-corrected chi connectivity index (χ1v) is 11.2. The molecule has 4 N–H and O–H groups in total. The number of carbonyl (C=O) groups excluding carboxylic acids is 2. The predicted octanol–water partition coefficient (Wildman–Crippen LogP) is 2.68. The van der Waals surface area contributed by atoms with Crippen molar-refractivity contribution >= 4 is 23.7 Å². The highest BCUT2D eigenvalue weighted by atomic mass is 19.1. The molecule has 1 aromatic heterocycles. The molecular weight excluding hydrogens is 439 g/mol. The zero-order valence-electron chi connectivity index (χ0n) is 18.7. The van der Waals surface area contributed by atoms with Gasteiger partial charge in [0.2, 0.25) is 6.41 Å². The van der Waals surface area contributed by atoms with Gasteiger partial charge in [0, 0.05) is 31.4 Å². The molecule has 0 bridgehead atoms. The van der Waals surface area contributed by atoms with E-state index in [1.807, 2.05) is 23.1 Å². The highest BCUT2D eigenvalue weighted by Gasteiger charge is 2.46. The molecule has 2 aromatic rings. The first-order chi connectivity index (χ1) is 16.4. The standard InChI is InChI=1S/C24H27FN6O3/c25-21-14-30(12-16-5-6-18(20(33)11-16)17-3-1-2-4-17)10-8-24(21,7-9-26)31-13-19(22(27)34)23(29-31)28-15-32/h3,5-6,11,13,15,21,33H,1-2,4,7-8,10,12,14H2,(H2,27,34)(H,28,29,32). The number of halogens is 1. The number of allylic oxidation sites excluding steroid dienone is 2. The molecule has 0 saturated carbocycles. The molecule has 0 radical (unpaired) electrons. The molecular formula is C24H27FN6O3. The molecule has 2 amide bonds. The minimum Gasteiger partial charge on any atom is -0.507 e. The molecule has 1 aliphatic heterocycles. The van der Waals surface area contributed by atoms with Crippen molar-refractivity contribution in [2.45, 2.75) is 50.4 Å². The number of carbonyl (C=O) groups is 2. The number of alkyl halides is 1. The van der Waals surface area contributed by atoms with E-state index in [2.05, 4.69) is 16.5 Å². The molecule has 1 aromatic carbocycles. The van der Waals surface area contributed by atoms with E-state index in [1.54, 1.807) is 6.07 Å². The fraction of sp³-hybridized carbons (Fsp3) is 0.417. The largest absolute Gasteiger partial charge is 0.507 e. The van der Waals surface area contributed by atoms with Gasteiger partial charge in [-0.1, -0.05) is 18.2 Å². The van der Waals surface area contributed by atoms with Gasteiger partial charge in [-0.05, 0) is 42.9 Å². The van der Waals surface area contributed by atoms with Crippen LogP contribution in [0.1, 0.15) is 53.6 Å². The first kappa shape index (κ1) is 23.4. The van der Waals surface area contributed by atoms with Crippen LogP contribution in [0.3, 0.4) is 0 Å². The summed E-state index contributed by atoms with van der Waals surface area (Å²) in [5.41, 5.74) is 6.90. The summed E-state index contributed by atoms with van der Waals surface area (Å²) >= 11 is 0. The summed E-state index contributed by atoms with van der Waals surface area (Å²) in [6, 6.07) is 7.62. The second-order valence-electron chi connectivity index (χ2n) is 8.83. The van der Waals surface area contributed by atoms with Gasteiger partial charge in [-0.3, -0.25) is 19.2 Å². The average Bonchev–Trinajstić information content (AvgIpc) is 3.47. The van der Waals surface area contributed by atoms with Crippen molar-refractivity contribution in [2.75, 3.05) is 18.4 Å². The van der Waals surface area contributed by atoms with Crippen molar-refractivity contribution in [1.82, 2.24) is 14.7 Å². The van der Waals surface area contributed by atoms with E-state index in [1.165, 1.54) is 10.9 Å². The van der Waals surface area contributed by atoms with Crippen molar-refractivity contribution in [3.8, 4) is 11.8 Å². The monoisotopic (exact) mass is 466 g/mol. The smallest absolute Gasteiger partial charge is 0.254 e. The molecule has 4 rings (SSSR count). The number of phenols is 1. The van der Waals surface area contributed by atoms with E-state index in [0.717, 1.165) is 36.0 Å². The van der Waals surface area contributed by atoms with Crippen LogP contribution in [0.25, 0.3) is 5.57 Å². The highest BCUT2D eigenvalue weighted by molar-refractivity contribution is 5.99. The van der Waals surface area contributed by atoms with Gasteiger partial charge in [-0.2, -0.15) is 10.4 Å². The van der Waals surface area contributed by atoms with E-state index < -0.39 is 17.6 Å². The number of benzene rings is 1. The summed E-state index contributed by atoms with van der Waals surface area (Å²) < 4.78 is 17.0. The lowest BCUT2D eigenvalue weighted by molar-refractivity contribution is -0.105. The first-order valence-electron chi connectivity index (χ1n) is 11.2. The van der Waals surface area contributed by atoms with Crippen LogP contribution in [0.4, 0.5) is 10.2 Å². The number of piperidine rings is 1. The second kappa shape index (κ2) is 9.65.